The minimum Gasteiger partial charge on any atom is -0.449 e. The lowest BCUT2D eigenvalue weighted by Gasteiger charge is -2.38. The number of carbonyl (C=O) groups excluding carboxylic acids is 2. The number of ether oxygens (including phenoxy) is 1. The van der Waals surface area contributed by atoms with E-state index < -0.39 is 30.7 Å². The lowest BCUT2D eigenvalue weighted by atomic mass is 9.90. The highest BCUT2D eigenvalue weighted by molar-refractivity contribution is 6.32. The minimum atomic E-state index is -4.68. The number of hydrogen-bond donors (Lipinski definition) is 0. The summed E-state index contributed by atoms with van der Waals surface area (Å²) < 4.78 is 40.5. The Morgan fingerprint density at radius 3 is 2.71 bits per heavy atom. The van der Waals surface area contributed by atoms with E-state index in [9.17, 15) is 22.8 Å². The SMILES string of the molecule is CC1CCC(c2cncc(Cl)c2)N(C(=O)C(=O)OCC(F)(F)F)C1. The summed E-state index contributed by atoms with van der Waals surface area (Å²) in [6, 6.07) is 1.15. The fourth-order valence-electron chi connectivity index (χ4n) is 2.66. The number of carbonyl (C=O) groups is 2. The molecule has 1 aromatic heterocycles. The molecule has 0 N–H and O–H groups in total. The van der Waals surface area contributed by atoms with Crippen LogP contribution in [0.3, 0.4) is 0 Å². The summed E-state index contributed by atoms with van der Waals surface area (Å²) in [7, 11) is 0. The second-order valence-electron chi connectivity index (χ2n) is 5.78. The molecule has 24 heavy (non-hydrogen) atoms. The van der Waals surface area contributed by atoms with Crippen LogP contribution in [0.5, 0.6) is 0 Å². The van der Waals surface area contributed by atoms with Crippen LogP contribution in [0.25, 0.3) is 0 Å². The van der Waals surface area contributed by atoms with Crippen LogP contribution < -0.4 is 0 Å². The summed E-state index contributed by atoms with van der Waals surface area (Å²) in [5.74, 6) is -2.48. The first-order valence-corrected chi connectivity index (χ1v) is 7.70. The maximum absolute atomic E-state index is 12.3. The molecule has 1 aliphatic heterocycles. The summed E-state index contributed by atoms with van der Waals surface area (Å²) in [6.45, 7) is 0.356. The van der Waals surface area contributed by atoms with Crippen molar-refractivity contribution in [3.05, 3.63) is 29.0 Å². The van der Waals surface area contributed by atoms with Crippen molar-refractivity contribution in [2.24, 2.45) is 5.92 Å². The minimum absolute atomic E-state index is 0.118. The molecule has 132 valence electrons. The lowest BCUT2D eigenvalue weighted by molar-refractivity contribution is -0.190. The molecule has 0 aliphatic carbocycles. The molecule has 2 unspecified atom stereocenters. The van der Waals surface area contributed by atoms with E-state index in [1.807, 2.05) is 6.92 Å². The summed E-state index contributed by atoms with van der Waals surface area (Å²) in [5, 5.41) is 0.373. The zero-order valence-corrected chi connectivity index (χ0v) is 13.6. The number of hydrogen-bond acceptors (Lipinski definition) is 4. The van der Waals surface area contributed by atoms with Crippen molar-refractivity contribution in [2.45, 2.75) is 32.0 Å². The number of amides is 1. The van der Waals surface area contributed by atoms with Crippen LogP contribution in [0.1, 0.15) is 31.4 Å². The average Bonchev–Trinajstić information content (AvgIpc) is 2.51. The van der Waals surface area contributed by atoms with Crippen molar-refractivity contribution >= 4 is 23.5 Å². The molecule has 2 rings (SSSR count). The van der Waals surface area contributed by atoms with Gasteiger partial charge in [-0.05, 0) is 30.4 Å². The van der Waals surface area contributed by atoms with Crippen molar-refractivity contribution < 1.29 is 27.5 Å². The van der Waals surface area contributed by atoms with Gasteiger partial charge >= 0.3 is 18.1 Å². The maximum Gasteiger partial charge on any atom is 0.422 e. The molecule has 2 atom stereocenters. The van der Waals surface area contributed by atoms with Gasteiger partial charge in [-0.1, -0.05) is 18.5 Å². The molecule has 1 amide bonds. The number of nitrogens with zero attached hydrogens (tertiary/aromatic N) is 2. The molecule has 1 aromatic rings. The number of aromatic nitrogens is 1. The number of piperidine rings is 1. The maximum atomic E-state index is 12.3. The highest BCUT2D eigenvalue weighted by Crippen LogP contribution is 2.34. The topological polar surface area (TPSA) is 59.5 Å². The van der Waals surface area contributed by atoms with Crippen LogP contribution in [-0.2, 0) is 14.3 Å². The Morgan fingerprint density at radius 1 is 1.38 bits per heavy atom. The number of pyridine rings is 1. The number of esters is 1. The molecule has 5 nitrogen and oxygen atoms in total. The van der Waals surface area contributed by atoms with Crippen LogP contribution in [0.4, 0.5) is 13.2 Å². The molecule has 2 heterocycles. The van der Waals surface area contributed by atoms with Crippen molar-refractivity contribution in [1.82, 2.24) is 9.88 Å². The predicted octanol–water partition coefficient (Wildman–Crippen LogP) is 3.14. The highest BCUT2D eigenvalue weighted by Gasteiger charge is 2.37. The first-order chi connectivity index (χ1) is 11.2. The average molecular weight is 365 g/mol. The van der Waals surface area contributed by atoms with Gasteiger partial charge < -0.3 is 9.64 Å². The van der Waals surface area contributed by atoms with Crippen LogP contribution >= 0.6 is 11.6 Å². The summed E-state index contributed by atoms with van der Waals surface area (Å²) in [4.78, 5) is 29.1. The normalized spacial score (nSPS) is 21.5. The van der Waals surface area contributed by atoms with Crippen LogP contribution in [0, 0.1) is 5.92 Å². The molecular formula is C15H16ClF3N2O3. The Labute approximate surface area is 141 Å². The first-order valence-electron chi connectivity index (χ1n) is 7.32. The predicted molar refractivity (Wildman–Crippen MR) is 79.1 cm³/mol. The third-order valence-corrected chi connectivity index (χ3v) is 3.94. The molecule has 1 saturated heterocycles. The number of halogens is 4. The van der Waals surface area contributed by atoms with Gasteiger partial charge in [-0.25, -0.2) is 4.79 Å². The molecule has 0 spiro atoms. The molecule has 0 aromatic carbocycles. The third-order valence-electron chi connectivity index (χ3n) is 3.73. The Morgan fingerprint density at radius 2 is 2.08 bits per heavy atom. The molecule has 9 heteroatoms. The van der Waals surface area contributed by atoms with Gasteiger partial charge in [0.2, 0.25) is 0 Å². The third kappa shape index (κ3) is 4.83. The zero-order valence-electron chi connectivity index (χ0n) is 12.8. The summed E-state index contributed by atoms with van der Waals surface area (Å²) >= 11 is 5.90. The highest BCUT2D eigenvalue weighted by atomic mass is 35.5. The van der Waals surface area contributed by atoms with E-state index in [4.69, 9.17) is 11.6 Å². The fraction of sp³-hybridized carbons (Fsp3) is 0.533. The summed E-state index contributed by atoms with van der Waals surface area (Å²) in [5.41, 5.74) is 0.631. The number of likely N-dealkylation sites (tertiary alicyclic amines) is 1. The fourth-order valence-corrected chi connectivity index (χ4v) is 2.84. The van der Waals surface area contributed by atoms with E-state index in [2.05, 4.69) is 9.72 Å². The standard InChI is InChI=1S/C15H16ClF3N2O3/c1-9-2-3-12(10-4-11(16)6-20-5-10)21(7-9)13(22)14(23)24-8-15(17,18)19/h4-6,9,12H,2-3,7-8H2,1H3. The second kappa shape index (κ2) is 7.38. The van der Waals surface area contributed by atoms with Gasteiger partial charge in [-0.15, -0.1) is 0 Å². The smallest absolute Gasteiger partial charge is 0.422 e. The van der Waals surface area contributed by atoms with Crippen molar-refractivity contribution in [3.63, 3.8) is 0 Å². The zero-order chi connectivity index (χ0) is 17.9. The molecule has 0 radical (unpaired) electrons. The Kier molecular flexibility index (Phi) is 5.69. The summed E-state index contributed by atoms with van der Waals surface area (Å²) in [6.07, 6.45) is -0.366. The van der Waals surface area contributed by atoms with Gasteiger partial charge in [0.15, 0.2) is 6.61 Å². The number of rotatable bonds is 2. The van der Waals surface area contributed by atoms with Gasteiger partial charge in [0, 0.05) is 18.9 Å². The Hall–Kier alpha value is -1.83. The van der Waals surface area contributed by atoms with Crippen LogP contribution in [0.15, 0.2) is 18.5 Å². The monoisotopic (exact) mass is 364 g/mol. The Balaban J connectivity index is 2.16. The largest absolute Gasteiger partial charge is 0.449 e. The van der Waals surface area contributed by atoms with Gasteiger partial charge in [0.1, 0.15) is 0 Å². The molecule has 1 fully saturated rings. The molecule has 0 bridgehead atoms. The molecular weight excluding hydrogens is 349 g/mol. The van der Waals surface area contributed by atoms with E-state index >= 15 is 0 Å². The Bertz CT molecular complexity index is 624. The van der Waals surface area contributed by atoms with Crippen molar-refractivity contribution in [1.29, 1.82) is 0 Å². The van der Waals surface area contributed by atoms with Crippen LogP contribution in [0.2, 0.25) is 5.02 Å². The molecule has 0 saturated carbocycles. The van der Waals surface area contributed by atoms with E-state index in [0.717, 1.165) is 6.42 Å². The number of alkyl halides is 3. The van der Waals surface area contributed by atoms with E-state index in [0.29, 0.717) is 17.0 Å². The second-order valence-corrected chi connectivity index (χ2v) is 6.22. The van der Waals surface area contributed by atoms with E-state index in [1.54, 1.807) is 6.07 Å². The van der Waals surface area contributed by atoms with Crippen molar-refractivity contribution in [3.8, 4) is 0 Å². The lowest BCUT2D eigenvalue weighted by Crippen LogP contribution is -2.45. The molecule has 1 aliphatic rings. The van der Waals surface area contributed by atoms with Crippen molar-refractivity contribution in [2.75, 3.05) is 13.2 Å². The first kappa shape index (κ1) is 18.5. The van der Waals surface area contributed by atoms with E-state index in [1.165, 1.54) is 17.3 Å². The van der Waals surface area contributed by atoms with Gasteiger partial charge in [0.25, 0.3) is 0 Å². The van der Waals surface area contributed by atoms with Gasteiger partial charge in [-0.3, -0.25) is 9.78 Å². The van der Waals surface area contributed by atoms with Crippen LogP contribution in [-0.4, -0.2) is 41.1 Å². The van der Waals surface area contributed by atoms with Gasteiger partial charge in [0.05, 0.1) is 11.1 Å². The van der Waals surface area contributed by atoms with Gasteiger partial charge in [-0.2, -0.15) is 13.2 Å². The van der Waals surface area contributed by atoms with E-state index in [-0.39, 0.29) is 12.5 Å². The quantitative estimate of drug-likeness (QED) is 0.597.